The molecule has 5 nitrogen and oxygen atoms in total. The van der Waals surface area contributed by atoms with Crippen LogP contribution < -0.4 is 0 Å². The summed E-state index contributed by atoms with van der Waals surface area (Å²) in [6.45, 7) is 12.5. The lowest BCUT2D eigenvalue weighted by Gasteiger charge is -2.28. The van der Waals surface area contributed by atoms with Crippen LogP contribution in [0.5, 0.6) is 0 Å². The molecule has 0 unspecified atom stereocenters. The van der Waals surface area contributed by atoms with Crippen molar-refractivity contribution in [3.63, 3.8) is 0 Å². The molecule has 0 aromatic carbocycles. The van der Waals surface area contributed by atoms with Crippen LogP contribution >= 0.6 is 0 Å². The Labute approximate surface area is 138 Å². The Morgan fingerprint density at radius 1 is 1.30 bits per heavy atom. The Kier molecular flexibility index (Phi) is 4.76. The molecule has 2 aromatic rings. The van der Waals surface area contributed by atoms with Gasteiger partial charge in [-0.1, -0.05) is 20.8 Å². The molecular formula is C18H27N5. The third kappa shape index (κ3) is 3.61. The fourth-order valence-corrected chi connectivity index (χ4v) is 3.10. The minimum absolute atomic E-state index is 0.394. The van der Waals surface area contributed by atoms with E-state index in [1.165, 1.54) is 16.8 Å². The van der Waals surface area contributed by atoms with Gasteiger partial charge in [0, 0.05) is 67.7 Å². The summed E-state index contributed by atoms with van der Waals surface area (Å²) >= 11 is 0. The molecule has 3 rings (SSSR count). The lowest BCUT2D eigenvalue weighted by Crippen LogP contribution is -2.31. The summed E-state index contributed by atoms with van der Waals surface area (Å²) in [6.07, 6.45) is 6.36. The maximum Gasteiger partial charge on any atom is 0.131 e. The van der Waals surface area contributed by atoms with Crippen LogP contribution in [0.2, 0.25) is 0 Å². The maximum atomic E-state index is 4.75. The predicted octanol–water partition coefficient (Wildman–Crippen LogP) is 3.07. The van der Waals surface area contributed by atoms with E-state index in [9.17, 15) is 0 Å². The molecule has 124 valence electrons. The van der Waals surface area contributed by atoms with Crippen molar-refractivity contribution in [1.82, 2.24) is 24.6 Å². The van der Waals surface area contributed by atoms with Crippen molar-refractivity contribution in [2.75, 3.05) is 6.54 Å². The molecule has 0 spiro atoms. The largest absolute Gasteiger partial charge is 0.294 e. The van der Waals surface area contributed by atoms with E-state index >= 15 is 0 Å². The molecule has 0 bridgehead atoms. The van der Waals surface area contributed by atoms with Crippen LogP contribution in [0.1, 0.15) is 61.4 Å². The highest BCUT2D eigenvalue weighted by Gasteiger charge is 2.20. The Bertz CT molecular complexity index is 674. The summed E-state index contributed by atoms with van der Waals surface area (Å²) in [6, 6.07) is 0. The number of hydrogen-bond donors (Lipinski definition) is 0. The van der Waals surface area contributed by atoms with Crippen molar-refractivity contribution in [2.24, 2.45) is 0 Å². The molecule has 3 heterocycles. The van der Waals surface area contributed by atoms with Gasteiger partial charge in [-0.25, -0.2) is 9.97 Å². The second kappa shape index (κ2) is 6.79. The summed E-state index contributed by atoms with van der Waals surface area (Å²) in [5, 5.41) is 4.61. The van der Waals surface area contributed by atoms with E-state index in [1.807, 2.05) is 6.20 Å². The second-order valence-electron chi connectivity index (χ2n) is 6.82. The first kappa shape index (κ1) is 16.1. The average Bonchev–Trinajstić information content (AvgIpc) is 2.86. The standard InChI is InChI=1S/C18H27N5/c1-5-7-23-12-16(14(4)21-23)11-22-8-6-17-15(10-22)9-19-18(20-17)13(2)3/h9,12-13H,5-8,10-11H2,1-4H3. The van der Waals surface area contributed by atoms with Crippen molar-refractivity contribution in [1.29, 1.82) is 0 Å². The van der Waals surface area contributed by atoms with Gasteiger partial charge in [0.1, 0.15) is 5.82 Å². The van der Waals surface area contributed by atoms with E-state index in [1.54, 1.807) is 0 Å². The SMILES string of the molecule is CCCn1cc(CN2CCc3nc(C(C)C)ncc3C2)c(C)n1. The number of hydrogen-bond acceptors (Lipinski definition) is 4. The first-order chi connectivity index (χ1) is 11.1. The van der Waals surface area contributed by atoms with E-state index < -0.39 is 0 Å². The van der Waals surface area contributed by atoms with Crippen molar-refractivity contribution in [3.05, 3.63) is 40.7 Å². The summed E-state index contributed by atoms with van der Waals surface area (Å²) in [5.74, 6) is 1.36. The van der Waals surface area contributed by atoms with Crippen molar-refractivity contribution < 1.29 is 0 Å². The van der Waals surface area contributed by atoms with Gasteiger partial charge in [-0.05, 0) is 13.3 Å². The zero-order valence-electron chi connectivity index (χ0n) is 14.7. The molecule has 0 saturated heterocycles. The quantitative estimate of drug-likeness (QED) is 0.851. The molecule has 23 heavy (non-hydrogen) atoms. The zero-order valence-corrected chi connectivity index (χ0v) is 14.7. The zero-order chi connectivity index (χ0) is 16.4. The van der Waals surface area contributed by atoms with Crippen molar-refractivity contribution in [2.45, 2.75) is 66.1 Å². The van der Waals surface area contributed by atoms with Gasteiger partial charge in [0.2, 0.25) is 0 Å². The van der Waals surface area contributed by atoms with Gasteiger partial charge in [0.25, 0.3) is 0 Å². The Morgan fingerprint density at radius 2 is 2.13 bits per heavy atom. The molecule has 0 N–H and O–H groups in total. The molecule has 1 aliphatic heterocycles. The molecule has 2 aromatic heterocycles. The van der Waals surface area contributed by atoms with Crippen LogP contribution in [0, 0.1) is 6.92 Å². The van der Waals surface area contributed by atoms with E-state index in [2.05, 4.69) is 53.6 Å². The van der Waals surface area contributed by atoms with Crippen LogP contribution in [0.4, 0.5) is 0 Å². The van der Waals surface area contributed by atoms with Crippen molar-refractivity contribution in [3.8, 4) is 0 Å². The van der Waals surface area contributed by atoms with Gasteiger partial charge in [0.05, 0.1) is 5.69 Å². The third-order valence-electron chi connectivity index (χ3n) is 4.44. The van der Waals surface area contributed by atoms with Crippen LogP contribution in [0.3, 0.4) is 0 Å². The number of aromatic nitrogens is 4. The first-order valence-electron chi connectivity index (χ1n) is 8.66. The molecule has 0 aliphatic carbocycles. The Morgan fingerprint density at radius 3 is 2.87 bits per heavy atom. The maximum absolute atomic E-state index is 4.75. The molecule has 0 radical (unpaired) electrons. The summed E-state index contributed by atoms with van der Waals surface area (Å²) in [4.78, 5) is 11.7. The van der Waals surface area contributed by atoms with Crippen LogP contribution in [0.25, 0.3) is 0 Å². The van der Waals surface area contributed by atoms with Gasteiger partial charge in [-0.3, -0.25) is 9.58 Å². The van der Waals surface area contributed by atoms with Gasteiger partial charge in [0.15, 0.2) is 0 Å². The highest BCUT2D eigenvalue weighted by atomic mass is 15.3. The van der Waals surface area contributed by atoms with Gasteiger partial charge < -0.3 is 0 Å². The number of nitrogens with zero attached hydrogens (tertiary/aromatic N) is 5. The third-order valence-corrected chi connectivity index (χ3v) is 4.44. The molecule has 5 heteroatoms. The minimum Gasteiger partial charge on any atom is -0.294 e. The van der Waals surface area contributed by atoms with E-state index in [4.69, 9.17) is 4.98 Å². The highest BCUT2D eigenvalue weighted by molar-refractivity contribution is 5.22. The number of fused-ring (bicyclic) bond motifs is 1. The predicted molar refractivity (Wildman–Crippen MR) is 91.2 cm³/mol. The molecule has 1 aliphatic rings. The number of aryl methyl sites for hydroxylation is 2. The average molecular weight is 313 g/mol. The lowest BCUT2D eigenvalue weighted by atomic mass is 10.1. The van der Waals surface area contributed by atoms with Gasteiger partial charge in [-0.15, -0.1) is 0 Å². The van der Waals surface area contributed by atoms with E-state index in [-0.39, 0.29) is 0 Å². The fraction of sp³-hybridized carbons (Fsp3) is 0.611. The number of rotatable bonds is 5. The van der Waals surface area contributed by atoms with Gasteiger partial charge >= 0.3 is 0 Å². The van der Waals surface area contributed by atoms with Crippen LogP contribution in [-0.2, 0) is 26.1 Å². The molecule has 0 fully saturated rings. The molecular weight excluding hydrogens is 286 g/mol. The van der Waals surface area contributed by atoms with Crippen molar-refractivity contribution >= 4 is 0 Å². The topological polar surface area (TPSA) is 46.8 Å². The highest BCUT2D eigenvalue weighted by Crippen LogP contribution is 2.21. The summed E-state index contributed by atoms with van der Waals surface area (Å²) in [5.41, 5.74) is 5.00. The monoisotopic (exact) mass is 313 g/mol. The summed E-state index contributed by atoms with van der Waals surface area (Å²) < 4.78 is 2.07. The molecule has 0 saturated carbocycles. The molecule has 0 atom stereocenters. The fourth-order valence-electron chi connectivity index (χ4n) is 3.10. The second-order valence-corrected chi connectivity index (χ2v) is 6.82. The van der Waals surface area contributed by atoms with Crippen LogP contribution in [0.15, 0.2) is 12.4 Å². The lowest BCUT2D eigenvalue weighted by molar-refractivity contribution is 0.242. The van der Waals surface area contributed by atoms with Gasteiger partial charge in [-0.2, -0.15) is 5.10 Å². The first-order valence-corrected chi connectivity index (χ1v) is 8.66. The van der Waals surface area contributed by atoms with E-state index in [0.717, 1.165) is 50.5 Å². The smallest absolute Gasteiger partial charge is 0.131 e. The minimum atomic E-state index is 0.394. The molecule has 0 amide bonds. The normalized spacial score (nSPS) is 15.2. The van der Waals surface area contributed by atoms with Crippen LogP contribution in [-0.4, -0.2) is 31.2 Å². The Hall–Kier alpha value is -1.75. The summed E-state index contributed by atoms with van der Waals surface area (Å²) in [7, 11) is 0. The van der Waals surface area contributed by atoms with E-state index in [0.29, 0.717) is 5.92 Å². The Balaban J connectivity index is 1.70.